The number of benzene rings is 4. The van der Waals surface area contributed by atoms with Crippen molar-refractivity contribution in [3.8, 4) is 16.9 Å². The molecule has 0 aromatic heterocycles. The minimum atomic E-state index is -1.34. The van der Waals surface area contributed by atoms with Crippen molar-refractivity contribution in [1.29, 1.82) is 0 Å². The molecule has 0 spiro atoms. The maximum atomic E-state index is 13.2. The summed E-state index contributed by atoms with van der Waals surface area (Å²) in [5, 5.41) is 4.38. The summed E-state index contributed by atoms with van der Waals surface area (Å²) in [5.41, 5.74) is 1.93. The third-order valence-electron chi connectivity index (χ3n) is 4.79. The Morgan fingerprint density at radius 2 is 1.36 bits per heavy atom. The highest BCUT2D eigenvalue weighted by molar-refractivity contribution is 7.83. The second-order valence-corrected chi connectivity index (χ2v) is 8.28. The van der Waals surface area contributed by atoms with Gasteiger partial charge in [-0.15, -0.1) is 0 Å². The molecule has 0 heterocycles. The predicted molar refractivity (Wildman–Crippen MR) is 118 cm³/mol. The van der Waals surface area contributed by atoms with E-state index in [-0.39, 0.29) is 6.04 Å². The van der Waals surface area contributed by atoms with Crippen molar-refractivity contribution in [2.75, 3.05) is 7.11 Å². The third kappa shape index (κ3) is 3.30. The highest BCUT2D eigenvalue weighted by atomic mass is 32.2. The molecule has 4 aromatic rings. The van der Waals surface area contributed by atoms with Crippen LogP contribution in [0.25, 0.3) is 32.7 Å². The van der Waals surface area contributed by atoms with Crippen LogP contribution in [0.3, 0.4) is 0 Å². The molecule has 0 amide bonds. The van der Waals surface area contributed by atoms with Crippen LogP contribution in [0.2, 0.25) is 0 Å². The molecule has 4 aromatic carbocycles. The molecule has 0 aliphatic carbocycles. The molecule has 0 saturated carbocycles. The monoisotopic (exact) mass is 389 g/mol. The van der Waals surface area contributed by atoms with Crippen LogP contribution in [0.15, 0.2) is 77.7 Å². The van der Waals surface area contributed by atoms with Gasteiger partial charge in [-0.25, -0.2) is 8.93 Å². The van der Waals surface area contributed by atoms with Crippen molar-refractivity contribution in [3.05, 3.63) is 72.8 Å². The molecule has 4 rings (SSSR count). The quantitative estimate of drug-likeness (QED) is 0.476. The van der Waals surface area contributed by atoms with Crippen LogP contribution in [-0.2, 0) is 11.0 Å². The van der Waals surface area contributed by atoms with Gasteiger partial charge in [0.2, 0.25) is 0 Å². The van der Waals surface area contributed by atoms with Crippen molar-refractivity contribution < 1.29 is 8.95 Å². The lowest BCUT2D eigenvalue weighted by Gasteiger charge is -2.19. The van der Waals surface area contributed by atoms with Crippen LogP contribution >= 0.6 is 0 Å². The van der Waals surface area contributed by atoms with Gasteiger partial charge in [0.05, 0.1) is 12.0 Å². The Labute approximate surface area is 167 Å². The van der Waals surface area contributed by atoms with Gasteiger partial charge in [-0.2, -0.15) is 0 Å². The lowest BCUT2D eigenvalue weighted by Crippen LogP contribution is -2.25. The van der Waals surface area contributed by atoms with Crippen molar-refractivity contribution >= 4 is 32.5 Å². The molecule has 0 radical (unpaired) electrons. The zero-order chi connectivity index (χ0) is 19.7. The Hall–Kier alpha value is -2.69. The Kier molecular flexibility index (Phi) is 5.16. The van der Waals surface area contributed by atoms with Gasteiger partial charge in [0.15, 0.2) is 0 Å². The predicted octanol–water partition coefficient (Wildman–Crippen LogP) is 5.69. The fourth-order valence-corrected chi connectivity index (χ4v) is 4.77. The summed E-state index contributed by atoms with van der Waals surface area (Å²) < 4.78 is 22.1. The first kappa shape index (κ1) is 18.7. The van der Waals surface area contributed by atoms with Gasteiger partial charge in [0, 0.05) is 17.2 Å². The van der Waals surface area contributed by atoms with Gasteiger partial charge in [0.25, 0.3) is 0 Å². The van der Waals surface area contributed by atoms with Crippen molar-refractivity contribution in [2.24, 2.45) is 0 Å². The number of fused-ring (bicyclic) bond motifs is 2. The molecule has 0 fully saturated rings. The average molecular weight is 390 g/mol. The van der Waals surface area contributed by atoms with E-state index in [2.05, 4.69) is 35.1 Å². The summed E-state index contributed by atoms with van der Waals surface area (Å²) in [6.45, 7) is 3.99. The number of ether oxygens (including phenoxy) is 1. The van der Waals surface area contributed by atoms with Crippen molar-refractivity contribution in [3.63, 3.8) is 0 Å². The maximum absolute atomic E-state index is 13.2. The van der Waals surface area contributed by atoms with Gasteiger partial charge in [0.1, 0.15) is 16.7 Å². The highest BCUT2D eigenvalue weighted by Crippen LogP contribution is 2.43. The first-order valence-corrected chi connectivity index (χ1v) is 10.5. The van der Waals surface area contributed by atoms with E-state index in [1.54, 1.807) is 7.11 Å². The van der Waals surface area contributed by atoms with Gasteiger partial charge < -0.3 is 4.74 Å². The van der Waals surface area contributed by atoms with E-state index < -0.39 is 11.0 Å². The molecule has 0 bridgehead atoms. The van der Waals surface area contributed by atoms with Crippen LogP contribution < -0.4 is 9.46 Å². The summed E-state index contributed by atoms with van der Waals surface area (Å²) in [6.07, 6.45) is 0. The van der Waals surface area contributed by atoms with E-state index in [1.807, 2.05) is 56.3 Å². The van der Waals surface area contributed by atoms with Crippen LogP contribution in [0, 0.1) is 0 Å². The second-order valence-electron chi connectivity index (χ2n) is 7.07. The summed E-state index contributed by atoms with van der Waals surface area (Å²) >= 11 is 0. The molecule has 4 heteroatoms. The molecule has 0 aliphatic rings. The van der Waals surface area contributed by atoms with Crippen LogP contribution in [0.1, 0.15) is 13.8 Å². The number of hydrogen-bond donors (Lipinski definition) is 1. The molecule has 3 nitrogen and oxygen atoms in total. The molecule has 28 heavy (non-hydrogen) atoms. The zero-order valence-corrected chi connectivity index (χ0v) is 17.0. The van der Waals surface area contributed by atoms with E-state index >= 15 is 0 Å². The van der Waals surface area contributed by atoms with E-state index in [9.17, 15) is 4.21 Å². The summed E-state index contributed by atoms with van der Waals surface area (Å²) in [4.78, 5) is 0.766. The Morgan fingerprint density at radius 1 is 0.786 bits per heavy atom. The molecule has 1 atom stereocenters. The molecular weight excluding hydrogens is 366 g/mol. The first-order valence-electron chi connectivity index (χ1n) is 9.36. The minimum absolute atomic E-state index is 0.106. The average Bonchev–Trinajstić information content (AvgIpc) is 2.71. The summed E-state index contributed by atoms with van der Waals surface area (Å²) in [6, 6.07) is 24.6. The second kappa shape index (κ2) is 7.74. The van der Waals surface area contributed by atoms with E-state index in [0.717, 1.165) is 43.3 Å². The normalized spacial score (nSPS) is 12.6. The Bertz CT molecular complexity index is 1180. The Morgan fingerprint density at radius 3 is 1.96 bits per heavy atom. The SMILES string of the molecule is COc1ccc2ccccc2c1-c1c(S(=O)NC(C)C)ccc2ccccc12. The largest absolute Gasteiger partial charge is 0.496 e. The fraction of sp³-hybridized carbons (Fsp3) is 0.167. The lowest BCUT2D eigenvalue weighted by molar-refractivity contribution is 0.417. The molecule has 142 valence electrons. The third-order valence-corrected chi connectivity index (χ3v) is 6.22. The van der Waals surface area contributed by atoms with Gasteiger partial charge in [-0.05, 0) is 47.5 Å². The topological polar surface area (TPSA) is 38.3 Å². The number of nitrogens with one attached hydrogen (secondary N) is 1. The van der Waals surface area contributed by atoms with Crippen LogP contribution in [0.5, 0.6) is 5.75 Å². The van der Waals surface area contributed by atoms with Crippen LogP contribution in [-0.4, -0.2) is 17.4 Å². The zero-order valence-electron chi connectivity index (χ0n) is 16.2. The van der Waals surface area contributed by atoms with Gasteiger partial charge >= 0.3 is 0 Å². The van der Waals surface area contributed by atoms with E-state index in [0.29, 0.717) is 0 Å². The number of rotatable bonds is 5. The standard InChI is InChI=1S/C24H23NO2S/c1-16(2)25-28(26)22-15-13-18-9-5-7-11-20(18)24(22)23-19-10-6-4-8-17(19)12-14-21(23)27-3/h4-16,25H,1-3H3. The lowest BCUT2D eigenvalue weighted by atomic mass is 9.93. The fourth-order valence-electron chi connectivity index (χ4n) is 3.62. The smallest absolute Gasteiger partial charge is 0.127 e. The molecule has 1 N–H and O–H groups in total. The van der Waals surface area contributed by atoms with Crippen LogP contribution in [0.4, 0.5) is 0 Å². The van der Waals surface area contributed by atoms with E-state index in [1.165, 1.54) is 0 Å². The van der Waals surface area contributed by atoms with Crippen molar-refractivity contribution in [1.82, 2.24) is 4.72 Å². The molecular formula is C24H23NO2S. The molecule has 0 saturated heterocycles. The highest BCUT2D eigenvalue weighted by Gasteiger charge is 2.20. The minimum Gasteiger partial charge on any atom is -0.496 e. The Balaban J connectivity index is 2.14. The van der Waals surface area contributed by atoms with Gasteiger partial charge in [-0.1, -0.05) is 60.7 Å². The van der Waals surface area contributed by atoms with E-state index in [4.69, 9.17) is 4.74 Å². The van der Waals surface area contributed by atoms with Crippen molar-refractivity contribution in [2.45, 2.75) is 24.8 Å². The summed E-state index contributed by atoms with van der Waals surface area (Å²) in [5.74, 6) is 0.776. The maximum Gasteiger partial charge on any atom is 0.127 e. The first-order chi connectivity index (χ1) is 13.6. The molecule has 1 unspecified atom stereocenters. The number of methoxy groups -OCH3 is 1. The number of hydrogen-bond acceptors (Lipinski definition) is 2. The van der Waals surface area contributed by atoms with Gasteiger partial charge in [-0.3, -0.25) is 0 Å². The summed E-state index contributed by atoms with van der Waals surface area (Å²) in [7, 11) is 0.342. The molecule has 0 aliphatic heterocycles.